The molecule has 0 spiro atoms. The Bertz CT molecular complexity index is 2330. The number of para-hydroxylation sites is 2. The van der Waals surface area contributed by atoms with Crippen LogP contribution in [0.15, 0.2) is 132 Å². The third kappa shape index (κ3) is 5.05. The zero-order valence-electron chi connectivity index (χ0n) is 30.0. The second-order valence-electron chi connectivity index (χ2n) is 10.8. The minimum atomic E-state index is -2.45. The van der Waals surface area contributed by atoms with Crippen molar-refractivity contribution in [3.05, 3.63) is 150 Å². The molecule has 1 N–H and O–H groups in total. The monoisotopic (exact) mass is 578 g/mol. The molecule has 2 aromatic heterocycles. The van der Waals surface area contributed by atoms with Crippen LogP contribution in [0.5, 0.6) is 5.75 Å². The van der Waals surface area contributed by atoms with Crippen molar-refractivity contribution in [3.8, 4) is 50.7 Å². The maximum absolute atomic E-state index is 11.4. The average Bonchev–Trinajstić information content (AvgIpc) is 3.55. The van der Waals surface area contributed by atoms with Gasteiger partial charge in [-0.3, -0.25) is 4.98 Å². The SMILES string of the molecule is [2H]C([2H])([2H])c1cc(-c2cc(-c3ccccc3)c(C([2H])([2H])[2H])cn2)cc(-c2cccc3oc(-c4cccc(C(C)c5ccccc5)c4O)nc23)c1. The fourth-order valence-corrected chi connectivity index (χ4v) is 5.70. The van der Waals surface area contributed by atoms with Crippen LogP contribution in [0.3, 0.4) is 0 Å². The van der Waals surface area contributed by atoms with E-state index < -0.39 is 13.7 Å². The van der Waals surface area contributed by atoms with E-state index in [1.54, 1.807) is 36.4 Å². The smallest absolute Gasteiger partial charge is 0.231 e. The number of fused-ring (bicyclic) bond motifs is 1. The first-order chi connectivity index (χ1) is 23.9. The largest absolute Gasteiger partial charge is 0.507 e. The summed E-state index contributed by atoms with van der Waals surface area (Å²) in [6, 6.07) is 36.7. The standard InChI is InChI=1S/C40H32N2O2/c1-25-20-30(22-31(21-25)36-23-35(26(2)24-41-36)29-14-8-5-9-15-29)33-17-11-19-37-38(33)42-40(44-37)34-18-10-16-32(39(34)43)27(3)28-12-6-4-7-13-28/h4-24,27,43H,1-3H3/i1D3,2D3. The van der Waals surface area contributed by atoms with E-state index in [2.05, 4.69) is 4.98 Å². The van der Waals surface area contributed by atoms with E-state index in [0.717, 1.165) is 11.1 Å². The first kappa shape index (κ1) is 21.2. The summed E-state index contributed by atoms with van der Waals surface area (Å²) in [6.07, 6.45) is 1.34. The molecule has 1 atom stereocenters. The fraction of sp³-hybridized carbons (Fsp3) is 0.100. The predicted octanol–water partition coefficient (Wildman–Crippen LogP) is 10.4. The van der Waals surface area contributed by atoms with E-state index in [4.69, 9.17) is 17.6 Å². The van der Waals surface area contributed by atoms with Gasteiger partial charge in [0.15, 0.2) is 5.58 Å². The van der Waals surface area contributed by atoms with Crippen LogP contribution in [0, 0.1) is 13.7 Å². The molecule has 0 saturated heterocycles. The molecule has 1 unspecified atom stereocenters. The zero-order chi connectivity index (χ0) is 35.2. The first-order valence-electron chi connectivity index (χ1n) is 17.4. The van der Waals surface area contributed by atoms with Crippen LogP contribution in [0.1, 0.15) is 43.3 Å². The number of oxazole rings is 1. The van der Waals surface area contributed by atoms with Crippen molar-refractivity contribution >= 4 is 11.1 Å². The molecular weight excluding hydrogens is 540 g/mol. The number of rotatable bonds is 6. The van der Waals surface area contributed by atoms with Gasteiger partial charge in [0, 0.05) is 37.0 Å². The molecule has 0 aliphatic rings. The number of nitrogens with zero attached hydrogens (tertiary/aromatic N) is 2. The van der Waals surface area contributed by atoms with E-state index >= 15 is 0 Å². The van der Waals surface area contributed by atoms with Gasteiger partial charge < -0.3 is 9.52 Å². The lowest BCUT2D eigenvalue weighted by Gasteiger charge is -2.15. The second-order valence-corrected chi connectivity index (χ2v) is 10.8. The number of aryl methyl sites for hydroxylation is 2. The average molecular weight is 579 g/mol. The van der Waals surface area contributed by atoms with Crippen molar-refractivity contribution in [2.24, 2.45) is 0 Å². The lowest BCUT2D eigenvalue weighted by molar-refractivity contribution is 0.465. The Labute approximate surface area is 265 Å². The number of benzene rings is 5. The molecule has 7 rings (SSSR count). The van der Waals surface area contributed by atoms with Gasteiger partial charge in [-0.15, -0.1) is 0 Å². The molecule has 0 bridgehead atoms. The molecule has 44 heavy (non-hydrogen) atoms. The summed E-state index contributed by atoms with van der Waals surface area (Å²) in [5, 5.41) is 11.4. The normalized spacial score (nSPS) is 14.6. The van der Waals surface area contributed by atoms with Crippen molar-refractivity contribution in [1.29, 1.82) is 0 Å². The summed E-state index contributed by atoms with van der Waals surface area (Å²) < 4.78 is 55.4. The molecule has 0 amide bonds. The summed E-state index contributed by atoms with van der Waals surface area (Å²) in [6.45, 7) is -2.82. The minimum absolute atomic E-state index is 0.0736. The van der Waals surface area contributed by atoms with Crippen molar-refractivity contribution in [2.75, 3.05) is 0 Å². The molecule has 0 aliphatic carbocycles. The molecule has 5 aromatic carbocycles. The molecule has 2 heterocycles. The highest BCUT2D eigenvalue weighted by molar-refractivity contribution is 5.93. The van der Waals surface area contributed by atoms with Crippen LogP contribution in [-0.2, 0) is 0 Å². The van der Waals surface area contributed by atoms with Gasteiger partial charge in [-0.05, 0) is 77.4 Å². The summed E-state index contributed by atoms with van der Waals surface area (Å²) >= 11 is 0. The van der Waals surface area contributed by atoms with Gasteiger partial charge in [0.2, 0.25) is 5.89 Å². The highest BCUT2D eigenvalue weighted by Gasteiger charge is 2.20. The quantitative estimate of drug-likeness (QED) is 0.213. The number of phenolic OH excluding ortho intramolecular Hbond substituents is 1. The van der Waals surface area contributed by atoms with Gasteiger partial charge in [0.1, 0.15) is 11.3 Å². The number of aromatic hydroxyl groups is 1. The lowest BCUT2D eigenvalue weighted by atomic mass is 9.91. The fourth-order valence-electron chi connectivity index (χ4n) is 5.70. The third-order valence-corrected chi connectivity index (χ3v) is 8.01. The van der Waals surface area contributed by atoms with Gasteiger partial charge in [0.25, 0.3) is 0 Å². The number of pyridine rings is 1. The first-order valence-corrected chi connectivity index (χ1v) is 14.4. The van der Waals surface area contributed by atoms with Gasteiger partial charge in [0.05, 0.1) is 11.3 Å². The second kappa shape index (κ2) is 11.3. The van der Waals surface area contributed by atoms with E-state index in [0.29, 0.717) is 50.2 Å². The maximum Gasteiger partial charge on any atom is 0.231 e. The van der Waals surface area contributed by atoms with Crippen LogP contribution in [0.25, 0.3) is 56.1 Å². The van der Waals surface area contributed by atoms with Crippen LogP contribution in [0.2, 0.25) is 0 Å². The molecule has 4 nitrogen and oxygen atoms in total. The molecule has 0 aliphatic heterocycles. The Kier molecular flexibility index (Phi) is 5.46. The third-order valence-electron chi connectivity index (χ3n) is 8.01. The predicted molar refractivity (Wildman–Crippen MR) is 179 cm³/mol. The summed E-state index contributed by atoms with van der Waals surface area (Å²) in [7, 11) is 0. The highest BCUT2D eigenvalue weighted by Crippen LogP contribution is 2.40. The topological polar surface area (TPSA) is 59.2 Å². The summed E-state index contributed by atoms with van der Waals surface area (Å²) in [5.74, 6) is 0.222. The molecular formula is C40H32N2O2. The number of hydrogen-bond donors (Lipinski definition) is 1. The Morgan fingerprint density at radius 3 is 2.25 bits per heavy atom. The maximum atomic E-state index is 11.4. The Hall–Kier alpha value is -5.48. The van der Waals surface area contributed by atoms with Crippen molar-refractivity contribution in [3.63, 3.8) is 0 Å². The Morgan fingerprint density at radius 1 is 0.705 bits per heavy atom. The molecule has 0 radical (unpaired) electrons. The van der Waals surface area contributed by atoms with Gasteiger partial charge in [-0.1, -0.05) is 97.9 Å². The van der Waals surface area contributed by atoms with Gasteiger partial charge >= 0.3 is 0 Å². The van der Waals surface area contributed by atoms with Crippen LogP contribution >= 0.6 is 0 Å². The van der Waals surface area contributed by atoms with Crippen LogP contribution < -0.4 is 0 Å². The summed E-state index contributed by atoms with van der Waals surface area (Å²) in [5.41, 5.74) is 6.70. The molecule has 7 aromatic rings. The lowest BCUT2D eigenvalue weighted by Crippen LogP contribution is -1.97. The van der Waals surface area contributed by atoms with Crippen molar-refractivity contribution in [1.82, 2.24) is 9.97 Å². The van der Waals surface area contributed by atoms with E-state index in [1.165, 1.54) is 6.20 Å². The van der Waals surface area contributed by atoms with E-state index in [-0.39, 0.29) is 28.7 Å². The van der Waals surface area contributed by atoms with Crippen molar-refractivity contribution in [2.45, 2.75) is 26.5 Å². The van der Waals surface area contributed by atoms with E-state index in [9.17, 15) is 5.11 Å². The number of aromatic nitrogens is 2. The Balaban J connectivity index is 1.36. The molecule has 214 valence electrons. The van der Waals surface area contributed by atoms with Gasteiger partial charge in [-0.2, -0.15) is 0 Å². The number of phenols is 1. The van der Waals surface area contributed by atoms with E-state index in [1.807, 2.05) is 91.9 Å². The van der Waals surface area contributed by atoms with Gasteiger partial charge in [-0.25, -0.2) is 4.98 Å². The minimum Gasteiger partial charge on any atom is -0.507 e. The molecule has 4 heteroatoms. The molecule has 0 saturated carbocycles. The summed E-state index contributed by atoms with van der Waals surface area (Å²) in [4.78, 5) is 9.35. The van der Waals surface area contributed by atoms with Crippen molar-refractivity contribution < 1.29 is 17.7 Å². The zero-order valence-corrected chi connectivity index (χ0v) is 24.0. The number of hydrogen-bond acceptors (Lipinski definition) is 4. The van der Waals surface area contributed by atoms with Crippen LogP contribution in [0.4, 0.5) is 0 Å². The molecule has 0 fully saturated rings. The highest BCUT2D eigenvalue weighted by atomic mass is 16.3. The Morgan fingerprint density at radius 2 is 1.45 bits per heavy atom. The van der Waals surface area contributed by atoms with Crippen LogP contribution in [-0.4, -0.2) is 15.1 Å².